The molecule has 0 aliphatic heterocycles. The lowest BCUT2D eigenvalue weighted by Gasteiger charge is -2.08. The van der Waals surface area contributed by atoms with Gasteiger partial charge in [-0.25, -0.2) is 8.42 Å². The van der Waals surface area contributed by atoms with Gasteiger partial charge >= 0.3 is 5.97 Å². The first kappa shape index (κ1) is 11.7. The lowest BCUT2D eigenvalue weighted by Crippen LogP contribution is -2.26. The summed E-state index contributed by atoms with van der Waals surface area (Å²) in [6.07, 6.45) is 0. The van der Waals surface area contributed by atoms with Crippen LogP contribution in [0.25, 0.3) is 0 Å². The summed E-state index contributed by atoms with van der Waals surface area (Å²) in [6, 6.07) is 6.12. The summed E-state index contributed by atoms with van der Waals surface area (Å²) in [5, 5.41) is 7.24. The third kappa shape index (κ3) is 2.36. The second-order valence-corrected chi connectivity index (χ2v) is 5.61. The van der Waals surface area contributed by atoms with Crippen LogP contribution in [0.4, 0.5) is 0 Å². The highest BCUT2D eigenvalue weighted by molar-refractivity contribution is 7.92. The van der Waals surface area contributed by atoms with Crippen LogP contribution in [0.1, 0.15) is 12.5 Å². The third-order valence-electron chi connectivity index (χ3n) is 2.16. The largest absolute Gasteiger partial charge is 0.480 e. The summed E-state index contributed by atoms with van der Waals surface area (Å²) >= 11 is 0. The van der Waals surface area contributed by atoms with E-state index in [0.29, 0.717) is 0 Å². The molecule has 15 heavy (non-hydrogen) atoms. The second kappa shape index (κ2) is 4.02. The van der Waals surface area contributed by atoms with Crippen molar-refractivity contribution in [3.05, 3.63) is 29.8 Å². The van der Waals surface area contributed by atoms with Crippen molar-refractivity contribution >= 4 is 15.8 Å². The minimum atomic E-state index is -3.75. The lowest BCUT2D eigenvalue weighted by atomic mass is 10.2. The Morgan fingerprint density at radius 2 is 1.73 bits per heavy atom. The number of rotatable bonds is 3. The van der Waals surface area contributed by atoms with E-state index < -0.39 is 21.1 Å². The summed E-state index contributed by atoms with van der Waals surface area (Å²) in [7, 11) is -3.75. The first-order valence-corrected chi connectivity index (χ1v) is 5.93. The zero-order valence-electron chi connectivity index (χ0n) is 8.47. The topological polar surface area (TPSA) is 71.4 Å². The normalized spacial score (nSPS) is 13.5. The number of aliphatic carboxylic acids is 1. The highest BCUT2D eigenvalue weighted by Gasteiger charge is 2.29. The summed E-state index contributed by atoms with van der Waals surface area (Å²) in [4.78, 5) is 10.7. The Kier molecular flexibility index (Phi) is 3.14. The third-order valence-corrected chi connectivity index (χ3v) is 4.22. The van der Waals surface area contributed by atoms with Crippen molar-refractivity contribution in [1.29, 1.82) is 0 Å². The van der Waals surface area contributed by atoms with Crippen molar-refractivity contribution in [2.75, 3.05) is 0 Å². The summed E-state index contributed by atoms with van der Waals surface area (Å²) in [6.45, 7) is 2.99. The Hall–Kier alpha value is -1.36. The van der Waals surface area contributed by atoms with E-state index in [9.17, 15) is 13.2 Å². The summed E-state index contributed by atoms with van der Waals surface area (Å²) in [5.41, 5.74) is 0.928. The van der Waals surface area contributed by atoms with Gasteiger partial charge in [0.1, 0.15) is 0 Å². The van der Waals surface area contributed by atoms with Gasteiger partial charge in [-0.1, -0.05) is 17.7 Å². The molecule has 5 heteroatoms. The minimum Gasteiger partial charge on any atom is -0.480 e. The van der Waals surface area contributed by atoms with E-state index in [4.69, 9.17) is 5.11 Å². The monoisotopic (exact) mass is 228 g/mol. The molecule has 0 heterocycles. The van der Waals surface area contributed by atoms with E-state index in [1.165, 1.54) is 12.1 Å². The average Bonchev–Trinajstić information content (AvgIpc) is 2.17. The van der Waals surface area contributed by atoms with Crippen LogP contribution in [0, 0.1) is 6.92 Å². The van der Waals surface area contributed by atoms with Gasteiger partial charge in [-0.2, -0.15) is 0 Å². The van der Waals surface area contributed by atoms with Crippen molar-refractivity contribution < 1.29 is 18.3 Å². The zero-order chi connectivity index (χ0) is 11.6. The van der Waals surface area contributed by atoms with Gasteiger partial charge in [0.2, 0.25) is 0 Å². The molecule has 0 aliphatic carbocycles. The number of benzene rings is 1. The lowest BCUT2D eigenvalue weighted by molar-refractivity contribution is -0.136. The van der Waals surface area contributed by atoms with Crippen molar-refractivity contribution in [3.8, 4) is 0 Å². The predicted octanol–water partition coefficient (Wildman–Crippen LogP) is 1.24. The first-order valence-electron chi connectivity index (χ1n) is 4.39. The quantitative estimate of drug-likeness (QED) is 0.845. The standard InChI is InChI=1S/C10H12O4S/c1-7-3-5-9(6-4-7)15(13,14)8(2)10(11)12/h3-6,8H,1-2H3,(H,11,12)/t8-/m1/s1. The maximum atomic E-state index is 11.7. The van der Waals surface area contributed by atoms with Crippen LogP contribution < -0.4 is 0 Å². The molecule has 0 spiro atoms. The van der Waals surface area contributed by atoms with Crippen LogP contribution in [0.5, 0.6) is 0 Å². The molecule has 1 rings (SSSR count). The predicted molar refractivity (Wildman–Crippen MR) is 55.5 cm³/mol. The fourth-order valence-electron chi connectivity index (χ4n) is 1.06. The Morgan fingerprint density at radius 1 is 1.27 bits per heavy atom. The Morgan fingerprint density at radius 3 is 2.13 bits per heavy atom. The molecule has 0 saturated heterocycles. The Balaban J connectivity index is 3.17. The molecule has 0 unspecified atom stereocenters. The molecule has 1 atom stereocenters. The maximum absolute atomic E-state index is 11.7. The van der Waals surface area contributed by atoms with E-state index >= 15 is 0 Å². The molecule has 0 radical (unpaired) electrons. The van der Waals surface area contributed by atoms with E-state index in [0.717, 1.165) is 12.5 Å². The van der Waals surface area contributed by atoms with Gasteiger partial charge in [-0.3, -0.25) is 4.79 Å². The van der Waals surface area contributed by atoms with Crippen LogP contribution >= 0.6 is 0 Å². The number of hydrogen-bond donors (Lipinski definition) is 1. The molecular weight excluding hydrogens is 216 g/mol. The van der Waals surface area contributed by atoms with Crippen LogP contribution in [-0.4, -0.2) is 24.7 Å². The van der Waals surface area contributed by atoms with Crippen LogP contribution in [0.15, 0.2) is 29.2 Å². The van der Waals surface area contributed by atoms with Crippen LogP contribution in [0.2, 0.25) is 0 Å². The van der Waals surface area contributed by atoms with Gasteiger partial charge in [0.25, 0.3) is 0 Å². The fourth-order valence-corrected chi connectivity index (χ4v) is 2.25. The molecule has 82 valence electrons. The summed E-state index contributed by atoms with van der Waals surface area (Å²) < 4.78 is 23.4. The van der Waals surface area contributed by atoms with Gasteiger partial charge < -0.3 is 5.11 Å². The Labute approximate surface area is 88.5 Å². The molecule has 1 aromatic carbocycles. The molecule has 0 saturated carbocycles. The fraction of sp³-hybridized carbons (Fsp3) is 0.300. The van der Waals surface area contributed by atoms with Crippen LogP contribution in [0.3, 0.4) is 0 Å². The second-order valence-electron chi connectivity index (χ2n) is 3.34. The van der Waals surface area contributed by atoms with E-state index in [-0.39, 0.29) is 4.90 Å². The van der Waals surface area contributed by atoms with E-state index in [1.807, 2.05) is 6.92 Å². The van der Waals surface area contributed by atoms with Gasteiger partial charge in [0, 0.05) is 0 Å². The number of carboxylic acids is 1. The number of carbonyl (C=O) groups is 1. The van der Waals surface area contributed by atoms with Crippen LogP contribution in [-0.2, 0) is 14.6 Å². The molecule has 4 nitrogen and oxygen atoms in total. The van der Waals surface area contributed by atoms with Gasteiger partial charge in [0.15, 0.2) is 15.1 Å². The smallest absolute Gasteiger partial charge is 0.321 e. The number of hydrogen-bond acceptors (Lipinski definition) is 3. The maximum Gasteiger partial charge on any atom is 0.321 e. The number of carboxylic acid groups (broad SMARTS) is 1. The number of aryl methyl sites for hydroxylation is 1. The van der Waals surface area contributed by atoms with E-state index in [1.54, 1.807) is 12.1 Å². The molecule has 1 N–H and O–H groups in total. The molecule has 1 aromatic rings. The van der Waals surface area contributed by atoms with E-state index in [2.05, 4.69) is 0 Å². The van der Waals surface area contributed by atoms with Crippen molar-refractivity contribution in [2.24, 2.45) is 0 Å². The summed E-state index contributed by atoms with van der Waals surface area (Å²) in [5.74, 6) is -1.34. The van der Waals surface area contributed by atoms with Gasteiger partial charge in [-0.05, 0) is 26.0 Å². The molecular formula is C10H12O4S. The van der Waals surface area contributed by atoms with Gasteiger partial charge in [0.05, 0.1) is 4.90 Å². The molecule has 0 amide bonds. The average molecular weight is 228 g/mol. The highest BCUT2D eigenvalue weighted by Crippen LogP contribution is 2.16. The Bertz CT molecular complexity index is 459. The molecule has 0 aliphatic rings. The molecule has 0 aromatic heterocycles. The van der Waals surface area contributed by atoms with Crippen molar-refractivity contribution in [3.63, 3.8) is 0 Å². The first-order chi connectivity index (χ1) is 6.85. The van der Waals surface area contributed by atoms with Crippen molar-refractivity contribution in [2.45, 2.75) is 24.0 Å². The van der Waals surface area contributed by atoms with Crippen molar-refractivity contribution in [1.82, 2.24) is 0 Å². The minimum absolute atomic E-state index is 0.0444. The molecule has 0 bridgehead atoms. The molecule has 0 fully saturated rings. The zero-order valence-corrected chi connectivity index (χ0v) is 9.28. The number of sulfone groups is 1. The highest BCUT2D eigenvalue weighted by atomic mass is 32.2. The van der Waals surface area contributed by atoms with Gasteiger partial charge in [-0.15, -0.1) is 0 Å². The SMILES string of the molecule is Cc1ccc(S(=O)(=O)[C@H](C)C(=O)O)cc1.